The molecule has 0 spiro atoms. The molecular weight excluding hydrogens is 300 g/mol. The van der Waals surface area contributed by atoms with E-state index in [0.29, 0.717) is 4.90 Å². The van der Waals surface area contributed by atoms with Crippen LogP contribution in [0, 0.1) is 0 Å². The van der Waals surface area contributed by atoms with Crippen molar-refractivity contribution in [1.29, 1.82) is 0 Å². The van der Waals surface area contributed by atoms with Crippen molar-refractivity contribution < 1.29 is 13.2 Å². The minimum Gasteiger partial charge on any atom is -0.377 e. The maximum absolute atomic E-state index is 11.9. The number of nitrogens with zero attached hydrogens (tertiary/aromatic N) is 2. The largest absolute Gasteiger partial charge is 0.377 e. The minimum absolute atomic E-state index is 0.267. The summed E-state index contributed by atoms with van der Waals surface area (Å²) in [5, 5.41) is 0. The van der Waals surface area contributed by atoms with Crippen molar-refractivity contribution in [2.24, 2.45) is 0 Å². The fraction of sp³-hybridized carbons (Fsp3) is 0.625. The highest BCUT2D eigenvalue weighted by atomic mass is 32.2. The average Bonchev–Trinajstić information content (AvgIpc) is 2.47. The van der Waals surface area contributed by atoms with E-state index in [1.54, 1.807) is 12.1 Å². The lowest BCUT2D eigenvalue weighted by atomic mass is 10.2. The average molecular weight is 326 g/mol. The molecule has 0 saturated carbocycles. The summed E-state index contributed by atoms with van der Waals surface area (Å²) in [4.78, 5) is 4.95. The molecule has 0 N–H and O–H groups in total. The third-order valence-corrected chi connectivity index (χ3v) is 4.98. The first-order valence-electron chi connectivity index (χ1n) is 7.76. The van der Waals surface area contributed by atoms with Crippen LogP contribution in [0.15, 0.2) is 29.2 Å². The van der Waals surface area contributed by atoms with Crippen LogP contribution in [0.4, 0.5) is 5.69 Å². The molecule has 1 aromatic rings. The van der Waals surface area contributed by atoms with Crippen LogP contribution in [0.2, 0.25) is 0 Å². The second-order valence-electron chi connectivity index (χ2n) is 5.99. The van der Waals surface area contributed by atoms with E-state index in [4.69, 9.17) is 4.74 Å². The van der Waals surface area contributed by atoms with Crippen LogP contribution in [0.25, 0.3) is 0 Å². The summed E-state index contributed by atoms with van der Waals surface area (Å²) < 4.78 is 29.4. The number of hydrogen-bond donors (Lipinski definition) is 0. The molecule has 1 aliphatic heterocycles. The molecule has 1 fully saturated rings. The summed E-state index contributed by atoms with van der Waals surface area (Å²) in [5.74, 6) is 0. The van der Waals surface area contributed by atoms with E-state index in [2.05, 4.69) is 9.80 Å². The maximum atomic E-state index is 11.9. The molecule has 0 amide bonds. The molecule has 1 heterocycles. The van der Waals surface area contributed by atoms with Crippen LogP contribution in [-0.4, -0.2) is 65.0 Å². The number of benzene rings is 1. The molecule has 124 valence electrons. The quantitative estimate of drug-likeness (QED) is 0.795. The molecule has 0 unspecified atom stereocenters. The summed E-state index contributed by atoms with van der Waals surface area (Å²) in [6.07, 6.45) is 1.54. The van der Waals surface area contributed by atoms with Crippen molar-refractivity contribution in [3.05, 3.63) is 24.3 Å². The van der Waals surface area contributed by atoms with E-state index in [1.807, 2.05) is 26.0 Å². The normalized spacial score (nSPS) is 17.2. The summed E-state index contributed by atoms with van der Waals surface area (Å²) in [6, 6.07) is 7.26. The van der Waals surface area contributed by atoms with Gasteiger partial charge in [-0.05, 0) is 26.0 Å². The number of sulfone groups is 1. The van der Waals surface area contributed by atoms with Crippen LogP contribution in [0.3, 0.4) is 0 Å². The third kappa shape index (κ3) is 4.69. The topological polar surface area (TPSA) is 49.9 Å². The standard InChI is InChI=1S/C16H26N2O3S/c1-14(2)21-13-12-17-8-10-18(11-9-17)15-6-4-5-7-16(15)22(3,19)20/h4-7,14H,8-13H2,1-3H3. The lowest BCUT2D eigenvalue weighted by Gasteiger charge is -2.36. The van der Waals surface area contributed by atoms with E-state index in [1.165, 1.54) is 6.26 Å². The monoisotopic (exact) mass is 326 g/mol. The first-order valence-corrected chi connectivity index (χ1v) is 9.65. The van der Waals surface area contributed by atoms with Crippen LogP contribution < -0.4 is 4.90 Å². The molecule has 22 heavy (non-hydrogen) atoms. The van der Waals surface area contributed by atoms with E-state index < -0.39 is 9.84 Å². The fourth-order valence-electron chi connectivity index (χ4n) is 2.66. The van der Waals surface area contributed by atoms with E-state index in [-0.39, 0.29) is 6.10 Å². The molecule has 0 aliphatic carbocycles. The van der Waals surface area contributed by atoms with Gasteiger partial charge in [0.15, 0.2) is 9.84 Å². The summed E-state index contributed by atoms with van der Waals surface area (Å²) >= 11 is 0. The van der Waals surface area contributed by atoms with Crippen molar-refractivity contribution in [3.63, 3.8) is 0 Å². The zero-order valence-corrected chi connectivity index (χ0v) is 14.5. The smallest absolute Gasteiger partial charge is 0.177 e. The van der Waals surface area contributed by atoms with E-state index >= 15 is 0 Å². The van der Waals surface area contributed by atoms with Crippen LogP contribution >= 0.6 is 0 Å². The Morgan fingerprint density at radius 2 is 1.77 bits per heavy atom. The Morgan fingerprint density at radius 1 is 1.14 bits per heavy atom. The molecule has 6 heteroatoms. The van der Waals surface area contributed by atoms with Gasteiger partial charge in [0.25, 0.3) is 0 Å². The SMILES string of the molecule is CC(C)OCCN1CCN(c2ccccc2S(C)(=O)=O)CC1. The fourth-order valence-corrected chi connectivity index (χ4v) is 3.56. The predicted molar refractivity (Wildman–Crippen MR) is 89.3 cm³/mol. The molecule has 0 aromatic heterocycles. The number of anilines is 1. The summed E-state index contributed by atoms with van der Waals surface area (Å²) in [5.41, 5.74) is 0.822. The highest BCUT2D eigenvalue weighted by molar-refractivity contribution is 7.90. The van der Waals surface area contributed by atoms with Crippen molar-refractivity contribution in [2.45, 2.75) is 24.8 Å². The number of rotatable bonds is 6. The first-order chi connectivity index (χ1) is 10.4. The Balaban J connectivity index is 1.95. The van der Waals surface area contributed by atoms with Gasteiger partial charge in [-0.1, -0.05) is 12.1 Å². The zero-order chi connectivity index (χ0) is 16.2. The number of piperazine rings is 1. The molecule has 0 atom stereocenters. The predicted octanol–water partition coefficient (Wildman–Crippen LogP) is 1.64. The summed E-state index contributed by atoms with van der Waals surface area (Å²) in [6.45, 7) is 9.30. The Labute approximate surface area is 133 Å². The van der Waals surface area contributed by atoms with Gasteiger partial charge in [-0.15, -0.1) is 0 Å². The minimum atomic E-state index is -3.20. The van der Waals surface area contributed by atoms with Gasteiger partial charge in [-0.2, -0.15) is 0 Å². The van der Waals surface area contributed by atoms with Gasteiger partial charge >= 0.3 is 0 Å². The van der Waals surface area contributed by atoms with Crippen molar-refractivity contribution in [1.82, 2.24) is 4.90 Å². The van der Waals surface area contributed by atoms with Crippen LogP contribution in [-0.2, 0) is 14.6 Å². The van der Waals surface area contributed by atoms with Crippen molar-refractivity contribution >= 4 is 15.5 Å². The van der Waals surface area contributed by atoms with Gasteiger partial charge in [0.1, 0.15) is 0 Å². The van der Waals surface area contributed by atoms with Gasteiger partial charge in [0.2, 0.25) is 0 Å². The zero-order valence-electron chi connectivity index (χ0n) is 13.7. The molecular formula is C16H26N2O3S. The molecule has 1 aliphatic rings. The van der Waals surface area contributed by atoms with Gasteiger partial charge in [0.05, 0.1) is 23.3 Å². The lowest BCUT2D eigenvalue weighted by molar-refractivity contribution is 0.0579. The van der Waals surface area contributed by atoms with Gasteiger partial charge in [-0.25, -0.2) is 8.42 Å². The lowest BCUT2D eigenvalue weighted by Crippen LogP contribution is -2.47. The van der Waals surface area contributed by atoms with Gasteiger partial charge in [0, 0.05) is 39.0 Å². The Kier molecular flexibility index (Phi) is 5.83. The number of hydrogen-bond acceptors (Lipinski definition) is 5. The van der Waals surface area contributed by atoms with Gasteiger partial charge < -0.3 is 9.64 Å². The van der Waals surface area contributed by atoms with Crippen molar-refractivity contribution in [2.75, 3.05) is 50.5 Å². The van der Waals surface area contributed by atoms with Crippen LogP contribution in [0.5, 0.6) is 0 Å². The molecule has 1 aromatic carbocycles. The third-order valence-electron chi connectivity index (χ3n) is 3.84. The molecule has 1 saturated heterocycles. The highest BCUT2D eigenvalue weighted by Gasteiger charge is 2.22. The van der Waals surface area contributed by atoms with Crippen LogP contribution in [0.1, 0.15) is 13.8 Å². The molecule has 0 radical (unpaired) electrons. The molecule has 2 rings (SSSR count). The van der Waals surface area contributed by atoms with E-state index in [9.17, 15) is 8.42 Å². The summed E-state index contributed by atoms with van der Waals surface area (Å²) in [7, 11) is -3.20. The molecule has 5 nitrogen and oxygen atoms in total. The number of para-hydroxylation sites is 1. The Morgan fingerprint density at radius 3 is 2.36 bits per heavy atom. The second kappa shape index (κ2) is 7.44. The van der Waals surface area contributed by atoms with Gasteiger partial charge in [-0.3, -0.25) is 4.90 Å². The Hall–Kier alpha value is -1.11. The highest BCUT2D eigenvalue weighted by Crippen LogP contribution is 2.25. The Bertz CT molecular complexity index is 579. The number of ether oxygens (including phenoxy) is 1. The molecule has 0 bridgehead atoms. The van der Waals surface area contributed by atoms with Crippen molar-refractivity contribution in [3.8, 4) is 0 Å². The maximum Gasteiger partial charge on any atom is 0.177 e. The van der Waals surface area contributed by atoms with E-state index in [0.717, 1.165) is 45.0 Å². The first kappa shape index (κ1) is 17.2. The second-order valence-corrected chi connectivity index (χ2v) is 7.97.